The molecule has 26 nitrogen and oxygen atoms in total. The Bertz CT molecular complexity index is 2350. The highest BCUT2D eigenvalue weighted by molar-refractivity contribution is 8.76. The SMILES string of the molecule is CC(=O)O.NCCCC[C@H](NC(=O)[C@@H]1CCCN1C(=O)C1CSSC[C@H](N)C(=O)NC(Cc2ccccc2)C(=O)N[C@@H](Cc2ccccc2)C(=O)NC(CCC(N)=O)C(=O)N[C@@H](CC(N)=O)C(=O)N1)C(=O)NCC(N)=O. The van der Waals surface area contributed by atoms with Crippen LogP contribution in [-0.2, 0) is 70.4 Å². The van der Waals surface area contributed by atoms with Gasteiger partial charge in [-0.25, -0.2) is 0 Å². The van der Waals surface area contributed by atoms with Crippen molar-refractivity contribution in [2.45, 2.75) is 119 Å². The first-order valence-electron chi connectivity index (χ1n) is 24.3. The molecule has 2 saturated heterocycles. The lowest BCUT2D eigenvalue weighted by Gasteiger charge is -2.31. The number of unbranched alkanes of at least 4 members (excludes halogenated alkanes) is 1. The maximum absolute atomic E-state index is 14.6. The molecular weight excluding hydrogens is 1030 g/mol. The van der Waals surface area contributed by atoms with Crippen LogP contribution in [0.4, 0.5) is 0 Å². The van der Waals surface area contributed by atoms with Crippen molar-refractivity contribution in [3.63, 3.8) is 0 Å². The number of hydrogen-bond donors (Lipinski definition) is 13. The zero-order valence-corrected chi connectivity index (χ0v) is 43.6. The Balaban J connectivity index is 0.00000366. The summed E-state index contributed by atoms with van der Waals surface area (Å²) < 4.78 is 0. The molecule has 11 amide bonds. The minimum absolute atomic E-state index is 0.0198. The van der Waals surface area contributed by atoms with E-state index in [2.05, 4.69) is 37.2 Å². The number of primary amides is 3. The largest absolute Gasteiger partial charge is 0.481 e. The molecule has 2 aromatic carbocycles. The summed E-state index contributed by atoms with van der Waals surface area (Å²) in [5.41, 5.74) is 29.4. The number of nitrogens with zero attached hydrogens (tertiary/aromatic N) is 1. The standard InChI is InChI=1S/C46H65N13O11S2.C2H4O2/c47-18-8-7-14-29(40(64)52-23-38(51)62)54-45(69)35-15-9-19-59(35)46(70)34-25-72-71-24-28(48)39(63)55-31(20-26-10-3-1-4-11-26)43(67)56-32(21-27-12-5-2-6-13-27)42(66)53-30(16-17-36(49)60)41(65)57-33(22-37(50)61)44(68)58-34;1-2(3)4/h1-6,10-13,28-35H,7-9,14-25,47-48H2,(H2,49,60)(H2,50,61)(H2,51,62)(H,52,64)(H,53,66)(H,54,69)(H,55,63)(H,56,67)(H,57,65)(H,58,68);1H3,(H,3,4)/t28-,29-,30?,31?,32-,33-,34?,35-;/m0./s1. The summed E-state index contributed by atoms with van der Waals surface area (Å²) >= 11 is 0. The molecule has 416 valence electrons. The number of carboxylic acids is 1. The average molecular weight is 1100 g/mol. The van der Waals surface area contributed by atoms with Crippen LogP contribution in [0.15, 0.2) is 60.7 Å². The third-order valence-electron chi connectivity index (χ3n) is 11.6. The Morgan fingerprint density at radius 3 is 1.75 bits per heavy atom. The lowest BCUT2D eigenvalue weighted by atomic mass is 10.0. The lowest BCUT2D eigenvalue weighted by molar-refractivity contribution is -0.142. The average Bonchev–Trinajstić information content (AvgIpc) is 3.87. The molecule has 0 spiro atoms. The zero-order valence-electron chi connectivity index (χ0n) is 42.0. The van der Waals surface area contributed by atoms with Crippen molar-refractivity contribution in [1.29, 1.82) is 0 Å². The van der Waals surface area contributed by atoms with Crippen LogP contribution in [-0.4, -0.2) is 160 Å². The number of benzene rings is 2. The van der Waals surface area contributed by atoms with Crippen LogP contribution in [0.1, 0.15) is 69.4 Å². The first-order chi connectivity index (χ1) is 36.1. The first kappa shape index (κ1) is 63.0. The minimum atomic E-state index is -1.76. The number of rotatable bonds is 19. The van der Waals surface area contributed by atoms with Gasteiger partial charge in [0.25, 0.3) is 5.97 Å². The normalized spacial score (nSPS) is 22.3. The van der Waals surface area contributed by atoms with Crippen LogP contribution in [0, 0.1) is 0 Å². The van der Waals surface area contributed by atoms with Crippen molar-refractivity contribution >= 4 is 92.5 Å². The Morgan fingerprint density at radius 2 is 1.21 bits per heavy atom. The van der Waals surface area contributed by atoms with E-state index in [0.29, 0.717) is 36.9 Å². The molecule has 4 rings (SSSR count). The van der Waals surface area contributed by atoms with E-state index in [1.165, 1.54) is 4.90 Å². The summed E-state index contributed by atoms with van der Waals surface area (Å²) in [6, 6.07) is 6.36. The molecule has 18 N–H and O–H groups in total. The number of carboxylic acid groups (broad SMARTS) is 1. The van der Waals surface area contributed by atoms with E-state index in [-0.39, 0.29) is 43.7 Å². The van der Waals surface area contributed by atoms with Gasteiger partial charge >= 0.3 is 0 Å². The van der Waals surface area contributed by atoms with Gasteiger partial charge in [-0.3, -0.25) is 57.5 Å². The fraction of sp³-hybridized carbons (Fsp3) is 0.500. The van der Waals surface area contributed by atoms with Crippen LogP contribution in [0.5, 0.6) is 0 Å². The first-order valence-corrected chi connectivity index (χ1v) is 26.8. The molecule has 2 heterocycles. The number of aliphatic carboxylic acids is 1. The zero-order chi connectivity index (χ0) is 56.3. The topological polar surface area (TPSA) is 443 Å². The molecule has 2 aliphatic heterocycles. The second kappa shape index (κ2) is 32.9. The highest BCUT2D eigenvalue weighted by Gasteiger charge is 2.40. The van der Waals surface area contributed by atoms with Crippen LogP contribution >= 0.6 is 21.6 Å². The van der Waals surface area contributed by atoms with Gasteiger partial charge in [-0.2, -0.15) is 0 Å². The van der Waals surface area contributed by atoms with Crippen molar-refractivity contribution in [2.75, 3.05) is 31.1 Å². The third kappa shape index (κ3) is 22.7. The van der Waals surface area contributed by atoms with Crippen molar-refractivity contribution in [3.05, 3.63) is 71.8 Å². The van der Waals surface area contributed by atoms with E-state index in [4.69, 9.17) is 38.6 Å². The van der Waals surface area contributed by atoms with E-state index in [0.717, 1.165) is 28.5 Å². The quantitative estimate of drug-likeness (QED) is 0.0472. The molecule has 28 heteroatoms. The third-order valence-corrected chi connectivity index (χ3v) is 14.0. The Labute approximate surface area is 446 Å². The van der Waals surface area contributed by atoms with Gasteiger partial charge in [0.15, 0.2) is 0 Å². The van der Waals surface area contributed by atoms with Gasteiger partial charge in [-0.05, 0) is 56.2 Å². The van der Waals surface area contributed by atoms with Crippen molar-refractivity contribution in [3.8, 4) is 0 Å². The second-order valence-electron chi connectivity index (χ2n) is 17.8. The molecule has 2 aliphatic rings. The van der Waals surface area contributed by atoms with Crippen LogP contribution in [0.3, 0.4) is 0 Å². The van der Waals surface area contributed by atoms with E-state index >= 15 is 0 Å². The van der Waals surface area contributed by atoms with Crippen LogP contribution in [0.2, 0.25) is 0 Å². The monoisotopic (exact) mass is 1100 g/mol. The highest BCUT2D eigenvalue weighted by atomic mass is 33.1. The summed E-state index contributed by atoms with van der Waals surface area (Å²) in [5.74, 6) is -10.5. The number of amides is 11. The molecular formula is C48H69N13O13S2. The van der Waals surface area contributed by atoms with E-state index in [1.54, 1.807) is 60.7 Å². The predicted molar refractivity (Wildman–Crippen MR) is 280 cm³/mol. The summed E-state index contributed by atoms with van der Waals surface area (Å²) in [6.07, 6.45) is -0.141. The van der Waals surface area contributed by atoms with Gasteiger partial charge in [0.1, 0.15) is 42.3 Å². The predicted octanol–water partition coefficient (Wildman–Crippen LogP) is -3.94. The fourth-order valence-electron chi connectivity index (χ4n) is 7.77. The molecule has 2 aromatic rings. The molecule has 3 unspecified atom stereocenters. The van der Waals surface area contributed by atoms with Gasteiger partial charge in [-0.15, -0.1) is 0 Å². The second-order valence-corrected chi connectivity index (χ2v) is 20.3. The van der Waals surface area contributed by atoms with Gasteiger partial charge in [0, 0.05) is 44.2 Å². The summed E-state index contributed by atoms with van der Waals surface area (Å²) in [4.78, 5) is 158. The van der Waals surface area contributed by atoms with Crippen molar-refractivity contribution in [2.24, 2.45) is 28.7 Å². The Hall–Kier alpha value is -7.30. The summed E-state index contributed by atoms with van der Waals surface area (Å²) in [5, 5.41) is 25.4. The summed E-state index contributed by atoms with van der Waals surface area (Å²) in [6.45, 7) is 0.963. The molecule has 0 saturated carbocycles. The number of nitrogens with one attached hydrogen (secondary N) is 7. The Morgan fingerprint density at radius 1 is 0.697 bits per heavy atom. The molecule has 0 aliphatic carbocycles. The summed E-state index contributed by atoms with van der Waals surface area (Å²) in [7, 11) is 2.07. The molecule has 0 bridgehead atoms. The maximum Gasteiger partial charge on any atom is 0.300 e. The molecule has 76 heavy (non-hydrogen) atoms. The number of nitrogens with two attached hydrogens (primary N) is 5. The number of carbonyl (C=O) groups excluding carboxylic acids is 11. The van der Waals surface area contributed by atoms with Crippen LogP contribution < -0.4 is 65.9 Å². The van der Waals surface area contributed by atoms with E-state index in [1.807, 2.05) is 0 Å². The molecule has 0 radical (unpaired) electrons. The van der Waals surface area contributed by atoms with Crippen LogP contribution in [0.25, 0.3) is 0 Å². The molecule has 0 aromatic heterocycles. The smallest absolute Gasteiger partial charge is 0.300 e. The van der Waals surface area contributed by atoms with E-state index < -0.39 is 145 Å². The van der Waals surface area contributed by atoms with Crippen molar-refractivity contribution in [1.82, 2.24) is 42.1 Å². The fourth-order valence-corrected chi connectivity index (χ4v) is 10.0. The van der Waals surface area contributed by atoms with Gasteiger partial charge in [0.2, 0.25) is 65.0 Å². The maximum atomic E-state index is 14.6. The number of carbonyl (C=O) groups is 12. The lowest BCUT2D eigenvalue weighted by Crippen LogP contribution is -2.61. The molecule has 2 fully saturated rings. The van der Waals surface area contributed by atoms with Gasteiger partial charge in [0.05, 0.1) is 19.0 Å². The number of likely N-dealkylation sites (tertiary alicyclic amines) is 1. The van der Waals surface area contributed by atoms with Crippen molar-refractivity contribution < 1.29 is 62.6 Å². The molecule has 8 atom stereocenters. The van der Waals surface area contributed by atoms with Gasteiger partial charge < -0.3 is 75.9 Å². The minimum Gasteiger partial charge on any atom is -0.481 e. The Kier molecular flexibility index (Phi) is 27.3. The number of hydrogen-bond acceptors (Lipinski definition) is 16. The highest BCUT2D eigenvalue weighted by Crippen LogP contribution is 2.26. The van der Waals surface area contributed by atoms with E-state index in [9.17, 15) is 52.7 Å². The van der Waals surface area contributed by atoms with Gasteiger partial charge in [-0.1, -0.05) is 82.3 Å².